The molecule has 0 atom stereocenters. The second kappa shape index (κ2) is 6.89. The van der Waals surface area contributed by atoms with E-state index in [4.69, 9.17) is 0 Å². The number of aryl methyl sites for hydroxylation is 1. The lowest BCUT2D eigenvalue weighted by molar-refractivity contribution is 0.102. The first-order valence-corrected chi connectivity index (χ1v) is 10.2. The fourth-order valence-electron chi connectivity index (χ4n) is 3.26. The fourth-order valence-corrected chi connectivity index (χ4v) is 4.17. The molecule has 0 radical (unpaired) electrons. The summed E-state index contributed by atoms with van der Waals surface area (Å²) < 4.78 is 1.55. The summed E-state index contributed by atoms with van der Waals surface area (Å²) in [5, 5.41) is 13.0. The Morgan fingerprint density at radius 1 is 1.10 bits per heavy atom. The zero-order chi connectivity index (χ0) is 20.0. The van der Waals surface area contributed by atoms with Crippen LogP contribution in [0.25, 0.3) is 16.6 Å². The van der Waals surface area contributed by atoms with Gasteiger partial charge in [0.25, 0.3) is 11.5 Å². The number of aromatic nitrogens is 4. The fraction of sp³-hybridized carbons (Fsp3) is 0.190. The molecule has 5 rings (SSSR count). The lowest BCUT2D eigenvalue weighted by Gasteiger charge is -2.11. The van der Waals surface area contributed by atoms with Crippen molar-refractivity contribution < 1.29 is 4.79 Å². The van der Waals surface area contributed by atoms with Gasteiger partial charge in [-0.1, -0.05) is 23.5 Å². The van der Waals surface area contributed by atoms with Crippen LogP contribution in [-0.4, -0.2) is 25.7 Å². The van der Waals surface area contributed by atoms with Gasteiger partial charge in [0.2, 0.25) is 5.13 Å². The number of benzene rings is 2. The van der Waals surface area contributed by atoms with Crippen LogP contribution in [0.4, 0.5) is 5.13 Å². The summed E-state index contributed by atoms with van der Waals surface area (Å²) in [7, 11) is 0. The number of nitrogens with one attached hydrogen (secondary N) is 1. The first kappa shape index (κ1) is 17.7. The van der Waals surface area contributed by atoms with Gasteiger partial charge >= 0.3 is 0 Å². The van der Waals surface area contributed by atoms with Crippen molar-refractivity contribution in [2.45, 2.75) is 25.7 Å². The predicted octanol–water partition coefficient (Wildman–Crippen LogP) is 3.68. The van der Waals surface area contributed by atoms with Crippen molar-refractivity contribution >= 4 is 33.3 Å². The van der Waals surface area contributed by atoms with Crippen molar-refractivity contribution in [3.8, 4) is 5.69 Å². The van der Waals surface area contributed by atoms with Crippen LogP contribution < -0.4 is 10.9 Å². The Morgan fingerprint density at radius 3 is 2.62 bits per heavy atom. The number of nitrogens with zero attached hydrogens (tertiary/aromatic N) is 4. The number of amides is 1. The highest BCUT2D eigenvalue weighted by Crippen LogP contribution is 2.42. The van der Waals surface area contributed by atoms with Gasteiger partial charge in [-0.05, 0) is 56.2 Å². The number of rotatable bonds is 4. The Labute approximate surface area is 170 Å². The van der Waals surface area contributed by atoms with Crippen molar-refractivity contribution in [3.05, 3.63) is 75.3 Å². The quantitative estimate of drug-likeness (QED) is 0.561. The number of para-hydroxylation sites is 1. The van der Waals surface area contributed by atoms with E-state index in [9.17, 15) is 9.59 Å². The summed E-state index contributed by atoms with van der Waals surface area (Å²) in [6.45, 7) is 1.79. The highest BCUT2D eigenvalue weighted by atomic mass is 32.1. The molecule has 0 aliphatic heterocycles. The summed E-state index contributed by atoms with van der Waals surface area (Å²) in [4.78, 5) is 29.9. The van der Waals surface area contributed by atoms with Crippen LogP contribution in [0.2, 0.25) is 0 Å². The molecule has 0 saturated heterocycles. The molecular weight excluding hydrogens is 386 g/mol. The number of carbonyl (C=O) groups is 1. The minimum atomic E-state index is -0.254. The molecule has 29 heavy (non-hydrogen) atoms. The Morgan fingerprint density at radius 2 is 1.86 bits per heavy atom. The largest absolute Gasteiger partial charge is 0.296 e. The van der Waals surface area contributed by atoms with E-state index in [0.29, 0.717) is 39.0 Å². The normalized spacial score (nSPS) is 13.6. The minimum Gasteiger partial charge on any atom is -0.296 e. The maximum atomic E-state index is 12.9. The number of fused-ring (bicyclic) bond motifs is 1. The molecule has 4 aromatic rings. The Bertz CT molecular complexity index is 1290. The van der Waals surface area contributed by atoms with E-state index in [1.165, 1.54) is 11.3 Å². The van der Waals surface area contributed by atoms with E-state index in [1.54, 1.807) is 41.8 Å². The van der Waals surface area contributed by atoms with Gasteiger partial charge in [0.05, 0.1) is 16.6 Å². The summed E-state index contributed by atoms with van der Waals surface area (Å²) in [6, 6.07) is 14.1. The maximum Gasteiger partial charge on any atom is 0.265 e. The summed E-state index contributed by atoms with van der Waals surface area (Å²) in [5.41, 5.74) is 1.68. The monoisotopic (exact) mass is 403 g/mol. The van der Waals surface area contributed by atoms with Crippen LogP contribution in [0.3, 0.4) is 0 Å². The molecule has 2 heterocycles. The Hall–Kier alpha value is -3.39. The highest BCUT2D eigenvalue weighted by molar-refractivity contribution is 7.15. The van der Waals surface area contributed by atoms with Crippen molar-refractivity contribution in [3.63, 3.8) is 0 Å². The molecule has 0 spiro atoms. The molecule has 2 aromatic carbocycles. The first-order chi connectivity index (χ1) is 14.1. The molecule has 7 nitrogen and oxygen atoms in total. The van der Waals surface area contributed by atoms with Crippen LogP contribution in [0.5, 0.6) is 0 Å². The van der Waals surface area contributed by atoms with Crippen molar-refractivity contribution in [1.82, 2.24) is 19.7 Å². The summed E-state index contributed by atoms with van der Waals surface area (Å²) >= 11 is 1.42. The summed E-state index contributed by atoms with van der Waals surface area (Å²) in [5.74, 6) is 0.845. The third-order valence-electron chi connectivity index (χ3n) is 4.92. The average molecular weight is 403 g/mol. The van der Waals surface area contributed by atoms with Gasteiger partial charge < -0.3 is 0 Å². The molecular formula is C21H17N5O2S. The van der Waals surface area contributed by atoms with Gasteiger partial charge in [-0.25, -0.2) is 4.98 Å². The van der Waals surface area contributed by atoms with Gasteiger partial charge in [-0.15, -0.1) is 10.2 Å². The summed E-state index contributed by atoms with van der Waals surface area (Å²) in [6.07, 6.45) is 2.29. The van der Waals surface area contributed by atoms with Crippen molar-refractivity contribution in [2.75, 3.05) is 5.32 Å². The van der Waals surface area contributed by atoms with Gasteiger partial charge in [-0.2, -0.15) is 0 Å². The zero-order valence-electron chi connectivity index (χ0n) is 15.6. The molecule has 1 aliphatic rings. The second-order valence-electron chi connectivity index (χ2n) is 7.04. The first-order valence-electron chi connectivity index (χ1n) is 9.34. The molecule has 1 N–H and O–H groups in total. The van der Waals surface area contributed by atoms with Crippen LogP contribution in [0.15, 0.2) is 53.3 Å². The number of hydrogen-bond acceptors (Lipinski definition) is 6. The lowest BCUT2D eigenvalue weighted by atomic mass is 10.2. The van der Waals surface area contributed by atoms with E-state index in [0.717, 1.165) is 17.8 Å². The van der Waals surface area contributed by atoms with E-state index in [1.807, 2.05) is 18.2 Å². The number of anilines is 1. The van der Waals surface area contributed by atoms with Gasteiger partial charge in [-0.3, -0.25) is 19.5 Å². The number of carbonyl (C=O) groups excluding carboxylic acids is 1. The molecule has 1 saturated carbocycles. The van der Waals surface area contributed by atoms with Gasteiger partial charge in [0, 0.05) is 11.5 Å². The highest BCUT2D eigenvalue weighted by Gasteiger charge is 2.27. The molecule has 1 aliphatic carbocycles. The molecule has 0 unspecified atom stereocenters. The Kier molecular flexibility index (Phi) is 4.21. The smallest absolute Gasteiger partial charge is 0.265 e. The third kappa shape index (κ3) is 3.31. The molecule has 1 fully saturated rings. The van der Waals surface area contributed by atoms with Crippen molar-refractivity contribution in [2.24, 2.45) is 0 Å². The van der Waals surface area contributed by atoms with Gasteiger partial charge in [0.15, 0.2) is 0 Å². The van der Waals surface area contributed by atoms with E-state index < -0.39 is 0 Å². The van der Waals surface area contributed by atoms with E-state index in [2.05, 4.69) is 20.5 Å². The van der Waals surface area contributed by atoms with Crippen molar-refractivity contribution in [1.29, 1.82) is 0 Å². The van der Waals surface area contributed by atoms with E-state index in [-0.39, 0.29) is 11.5 Å². The second-order valence-corrected chi connectivity index (χ2v) is 8.05. The molecule has 2 aromatic heterocycles. The number of hydrogen-bond donors (Lipinski definition) is 1. The predicted molar refractivity (Wildman–Crippen MR) is 112 cm³/mol. The molecule has 1 amide bonds. The maximum absolute atomic E-state index is 12.9. The third-order valence-corrected chi connectivity index (χ3v) is 5.92. The topological polar surface area (TPSA) is 89.8 Å². The van der Waals surface area contributed by atoms with Crippen LogP contribution >= 0.6 is 11.3 Å². The zero-order valence-corrected chi connectivity index (χ0v) is 16.4. The SMILES string of the molecule is Cc1nc2ccccc2c(=O)n1-c1ccc(C(=O)Nc2nnc(C3CC3)s2)cc1. The molecule has 8 heteroatoms. The lowest BCUT2D eigenvalue weighted by Crippen LogP contribution is -2.22. The minimum absolute atomic E-state index is 0.133. The van der Waals surface area contributed by atoms with Crippen LogP contribution in [-0.2, 0) is 0 Å². The molecule has 144 valence electrons. The van der Waals surface area contributed by atoms with Crippen LogP contribution in [0.1, 0.15) is 39.9 Å². The average Bonchev–Trinajstić information content (AvgIpc) is 3.48. The van der Waals surface area contributed by atoms with Crippen LogP contribution in [0, 0.1) is 6.92 Å². The van der Waals surface area contributed by atoms with E-state index >= 15 is 0 Å². The molecule has 0 bridgehead atoms. The standard InChI is InChI=1S/C21H17N5O2S/c1-12-22-17-5-3-2-4-16(17)20(28)26(12)15-10-8-13(9-11-15)18(27)23-21-25-24-19(29-21)14-6-7-14/h2-5,8-11,14H,6-7H2,1H3,(H,23,25,27). The Balaban J connectivity index is 1.42. The van der Waals surface area contributed by atoms with Gasteiger partial charge in [0.1, 0.15) is 10.8 Å².